The Hall–Kier alpha value is -3.29. The molecule has 2 aromatic carbocycles. The Labute approximate surface area is 177 Å². The molecule has 2 N–H and O–H groups in total. The molecule has 0 spiro atoms. The van der Waals surface area contributed by atoms with Crippen molar-refractivity contribution in [2.45, 2.75) is 37.3 Å². The zero-order valence-corrected chi connectivity index (χ0v) is 16.7. The smallest absolute Gasteiger partial charge is 0.411 e. The highest BCUT2D eigenvalue weighted by Crippen LogP contribution is 2.50. The minimum Gasteiger partial charge on any atom is -0.411 e. The van der Waals surface area contributed by atoms with Crippen molar-refractivity contribution < 1.29 is 22.9 Å². The predicted molar refractivity (Wildman–Crippen MR) is 111 cm³/mol. The maximum Gasteiger partial charge on any atom is 0.416 e. The standard InChI is InChI=1S/C23H22F3N3O2/c24-23(25,26)20-8-2-1-7-19(20)22(10-4-11-22)14-18(29-30)15-27-17-6-3-5-16(13-17)21-9-12-28-31-21/h1-3,5-9,12-13,27,30H,4,10-11,14-15H2/b29-18+. The molecule has 0 bridgehead atoms. The Morgan fingerprint density at radius 2 is 1.94 bits per heavy atom. The molecule has 0 saturated heterocycles. The van der Waals surface area contributed by atoms with Gasteiger partial charge in [0.25, 0.3) is 0 Å². The van der Waals surface area contributed by atoms with E-state index in [1.807, 2.05) is 24.3 Å². The molecule has 0 unspecified atom stereocenters. The van der Waals surface area contributed by atoms with Gasteiger partial charge in [0.05, 0.1) is 24.0 Å². The van der Waals surface area contributed by atoms with Gasteiger partial charge in [0.2, 0.25) is 0 Å². The second-order valence-electron chi connectivity index (χ2n) is 7.83. The van der Waals surface area contributed by atoms with Crippen molar-refractivity contribution in [1.29, 1.82) is 0 Å². The lowest BCUT2D eigenvalue weighted by atomic mass is 9.60. The summed E-state index contributed by atoms with van der Waals surface area (Å²) in [6.45, 7) is 0.215. The van der Waals surface area contributed by atoms with Crippen molar-refractivity contribution in [2.24, 2.45) is 5.16 Å². The lowest BCUT2D eigenvalue weighted by Gasteiger charge is -2.44. The van der Waals surface area contributed by atoms with Crippen LogP contribution in [0.3, 0.4) is 0 Å². The van der Waals surface area contributed by atoms with Gasteiger partial charge in [0.1, 0.15) is 0 Å². The Morgan fingerprint density at radius 1 is 1.13 bits per heavy atom. The summed E-state index contributed by atoms with van der Waals surface area (Å²) in [6, 6.07) is 14.9. The van der Waals surface area contributed by atoms with Gasteiger partial charge in [0.15, 0.2) is 5.76 Å². The van der Waals surface area contributed by atoms with Crippen LogP contribution >= 0.6 is 0 Å². The van der Waals surface area contributed by atoms with Crippen LogP contribution in [0, 0.1) is 0 Å². The number of hydrogen-bond donors (Lipinski definition) is 2. The summed E-state index contributed by atoms with van der Waals surface area (Å²) in [4.78, 5) is 0. The monoisotopic (exact) mass is 429 g/mol. The summed E-state index contributed by atoms with van der Waals surface area (Å²) in [5.41, 5.74) is 1.01. The highest BCUT2D eigenvalue weighted by Gasteiger charge is 2.45. The number of rotatable bonds is 7. The fourth-order valence-corrected chi connectivity index (χ4v) is 4.21. The zero-order valence-electron chi connectivity index (χ0n) is 16.7. The summed E-state index contributed by atoms with van der Waals surface area (Å²) >= 11 is 0. The van der Waals surface area contributed by atoms with Crippen LogP contribution in [0.4, 0.5) is 18.9 Å². The first kappa shape index (κ1) is 21.0. The fourth-order valence-electron chi connectivity index (χ4n) is 4.21. The van der Waals surface area contributed by atoms with Crippen molar-refractivity contribution in [2.75, 3.05) is 11.9 Å². The third-order valence-corrected chi connectivity index (χ3v) is 5.88. The second kappa shape index (κ2) is 8.45. The van der Waals surface area contributed by atoms with Gasteiger partial charge < -0.3 is 15.0 Å². The molecule has 0 amide bonds. The van der Waals surface area contributed by atoms with E-state index in [-0.39, 0.29) is 18.5 Å². The first-order valence-electron chi connectivity index (χ1n) is 10.0. The van der Waals surface area contributed by atoms with E-state index in [2.05, 4.69) is 15.6 Å². The minimum absolute atomic E-state index is 0.215. The van der Waals surface area contributed by atoms with Gasteiger partial charge in [-0.15, -0.1) is 0 Å². The molecule has 8 heteroatoms. The van der Waals surface area contributed by atoms with Gasteiger partial charge >= 0.3 is 6.18 Å². The molecule has 3 aromatic rings. The van der Waals surface area contributed by atoms with E-state index in [0.29, 0.717) is 24.3 Å². The van der Waals surface area contributed by atoms with Crippen LogP contribution < -0.4 is 5.32 Å². The lowest BCUT2D eigenvalue weighted by Crippen LogP contribution is -2.39. The fraction of sp³-hybridized carbons (Fsp3) is 0.304. The van der Waals surface area contributed by atoms with E-state index in [9.17, 15) is 18.4 Å². The number of oxime groups is 1. The van der Waals surface area contributed by atoms with Crippen molar-refractivity contribution >= 4 is 11.4 Å². The predicted octanol–water partition coefficient (Wildman–Crippen LogP) is 6.11. The van der Waals surface area contributed by atoms with Gasteiger partial charge in [-0.3, -0.25) is 0 Å². The van der Waals surface area contributed by atoms with E-state index in [1.54, 1.807) is 24.4 Å². The Kier molecular flexibility index (Phi) is 5.71. The molecule has 1 heterocycles. The van der Waals surface area contributed by atoms with Gasteiger partial charge in [0, 0.05) is 29.2 Å². The SMILES string of the molecule is O/N=C(/CNc1cccc(-c2ccno2)c1)CC1(c2ccccc2C(F)(F)F)CCC1. The summed E-state index contributed by atoms with van der Waals surface area (Å²) < 4.78 is 45.9. The molecule has 1 aliphatic rings. The highest BCUT2D eigenvalue weighted by atomic mass is 19.4. The summed E-state index contributed by atoms with van der Waals surface area (Å²) in [5, 5.41) is 19.9. The van der Waals surface area contributed by atoms with Crippen molar-refractivity contribution in [3.63, 3.8) is 0 Å². The topological polar surface area (TPSA) is 70.7 Å². The van der Waals surface area contributed by atoms with Crippen LogP contribution in [0.1, 0.15) is 36.8 Å². The third kappa shape index (κ3) is 4.42. The van der Waals surface area contributed by atoms with Gasteiger partial charge in [-0.2, -0.15) is 13.2 Å². The van der Waals surface area contributed by atoms with Gasteiger partial charge in [-0.05, 0) is 36.6 Å². The second-order valence-corrected chi connectivity index (χ2v) is 7.83. The van der Waals surface area contributed by atoms with E-state index in [0.717, 1.165) is 23.7 Å². The van der Waals surface area contributed by atoms with E-state index >= 15 is 0 Å². The Bertz CT molecular complexity index is 1060. The maximum absolute atomic E-state index is 13.6. The molecule has 4 rings (SSSR count). The molecule has 0 radical (unpaired) electrons. The molecular weight excluding hydrogens is 407 g/mol. The number of nitrogens with one attached hydrogen (secondary N) is 1. The Balaban J connectivity index is 1.50. The Morgan fingerprint density at radius 3 is 2.58 bits per heavy atom. The number of anilines is 1. The molecule has 1 aromatic heterocycles. The van der Waals surface area contributed by atoms with E-state index in [1.165, 1.54) is 6.07 Å². The maximum atomic E-state index is 13.6. The van der Waals surface area contributed by atoms with E-state index < -0.39 is 17.2 Å². The first-order valence-corrected chi connectivity index (χ1v) is 10.0. The molecule has 5 nitrogen and oxygen atoms in total. The van der Waals surface area contributed by atoms with Crippen LogP contribution in [0.2, 0.25) is 0 Å². The van der Waals surface area contributed by atoms with Crippen LogP contribution in [0.15, 0.2) is 70.5 Å². The van der Waals surface area contributed by atoms with Crippen molar-refractivity contribution in [3.05, 3.63) is 71.9 Å². The zero-order chi connectivity index (χ0) is 21.9. The third-order valence-electron chi connectivity index (χ3n) is 5.88. The average molecular weight is 429 g/mol. The molecule has 1 saturated carbocycles. The number of aromatic nitrogens is 1. The molecular formula is C23H22F3N3O2. The lowest BCUT2D eigenvalue weighted by molar-refractivity contribution is -0.139. The average Bonchev–Trinajstić information content (AvgIpc) is 3.27. The summed E-state index contributed by atoms with van der Waals surface area (Å²) in [7, 11) is 0. The minimum atomic E-state index is -4.42. The molecule has 0 atom stereocenters. The molecule has 0 aliphatic heterocycles. The van der Waals surface area contributed by atoms with Gasteiger partial charge in [-0.25, -0.2) is 0 Å². The van der Waals surface area contributed by atoms with Gasteiger partial charge in [-0.1, -0.05) is 47.1 Å². The quantitative estimate of drug-likeness (QED) is 0.270. The van der Waals surface area contributed by atoms with Crippen LogP contribution in [0.25, 0.3) is 11.3 Å². The van der Waals surface area contributed by atoms with E-state index in [4.69, 9.17) is 4.52 Å². The number of nitrogens with zero attached hydrogens (tertiary/aromatic N) is 2. The normalized spacial score (nSPS) is 16.0. The largest absolute Gasteiger partial charge is 0.416 e. The van der Waals surface area contributed by atoms with Crippen LogP contribution in [-0.4, -0.2) is 22.6 Å². The van der Waals surface area contributed by atoms with Crippen LogP contribution in [0.5, 0.6) is 0 Å². The summed E-state index contributed by atoms with van der Waals surface area (Å²) in [6.07, 6.45) is -0.513. The number of alkyl halides is 3. The van der Waals surface area contributed by atoms with Crippen molar-refractivity contribution in [3.8, 4) is 11.3 Å². The number of halogens is 3. The van der Waals surface area contributed by atoms with Crippen LogP contribution in [-0.2, 0) is 11.6 Å². The number of hydrogen-bond acceptors (Lipinski definition) is 5. The summed E-state index contributed by atoms with van der Waals surface area (Å²) in [5.74, 6) is 0.622. The first-order chi connectivity index (χ1) is 14.9. The van der Waals surface area contributed by atoms with Crippen molar-refractivity contribution in [1.82, 2.24) is 5.16 Å². The number of benzene rings is 2. The molecule has 162 valence electrons. The molecule has 1 fully saturated rings. The molecule has 1 aliphatic carbocycles. The highest BCUT2D eigenvalue weighted by molar-refractivity contribution is 5.89. The molecule has 31 heavy (non-hydrogen) atoms.